The number of rotatable bonds is 2. The van der Waals surface area contributed by atoms with Gasteiger partial charge in [0.1, 0.15) is 11.2 Å². The van der Waals surface area contributed by atoms with Gasteiger partial charge in [-0.25, -0.2) is 4.98 Å². The van der Waals surface area contributed by atoms with Crippen LogP contribution in [0.2, 0.25) is 0 Å². The summed E-state index contributed by atoms with van der Waals surface area (Å²) in [5.74, 6) is 0. The standard InChI is InChI=1S/C17H14N4OS/c1-10-11(2)23-16-15(10)17(22)21(9-19-16)20-8-12-7-18-14-6-4-3-5-13(12)14/h3-9,18H,1-2H3/b20-8+. The lowest BCUT2D eigenvalue weighted by Gasteiger charge is -1.98. The Morgan fingerprint density at radius 2 is 2.13 bits per heavy atom. The lowest BCUT2D eigenvalue weighted by atomic mass is 10.2. The molecule has 3 heterocycles. The van der Waals surface area contributed by atoms with E-state index in [1.807, 2.05) is 44.3 Å². The number of para-hydroxylation sites is 1. The van der Waals surface area contributed by atoms with Crippen molar-refractivity contribution in [2.75, 3.05) is 0 Å². The largest absolute Gasteiger partial charge is 0.361 e. The molecule has 0 radical (unpaired) electrons. The number of benzene rings is 1. The summed E-state index contributed by atoms with van der Waals surface area (Å²) in [5.41, 5.74) is 2.83. The van der Waals surface area contributed by atoms with Crippen LogP contribution in [0.25, 0.3) is 21.1 Å². The minimum Gasteiger partial charge on any atom is -0.361 e. The number of fused-ring (bicyclic) bond motifs is 2. The van der Waals surface area contributed by atoms with Crippen LogP contribution in [0.4, 0.5) is 0 Å². The minimum absolute atomic E-state index is 0.132. The number of aryl methyl sites for hydroxylation is 2. The summed E-state index contributed by atoms with van der Waals surface area (Å²) in [6, 6.07) is 7.97. The van der Waals surface area contributed by atoms with E-state index in [9.17, 15) is 4.79 Å². The summed E-state index contributed by atoms with van der Waals surface area (Å²) in [4.78, 5) is 22.0. The van der Waals surface area contributed by atoms with E-state index in [4.69, 9.17) is 0 Å². The van der Waals surface area contributed by atoms with Crippen molar-refractivity contribution in [2.45, 2.75) is 13.8 Å². The molecule has 0 aliphatic carbocycles. The number of aromatic amines is 1. The van der Waals surface area contributed by atoms with Crippen molar-refractivity contribution in [1.82, 2.24) is 14.6 Å². The molecule has 0 aliphatic heterocycles. The van der Waals surface area contributed by atoms with Gasteiger partial charge in [-0.2, -0.15) is 9.78 Å². The number of aromatic nitrogens is 3. The minimum atomic E-state index is -0.132. The summed E-state index contributed by atoms with van der Waals surface area (Å²) in [7, 11) is 0. The van der Waals surface area contributed by atoms with Gasteiger partial charge in [-0.3, -0.25) is 4.79 Å². The lowest BCUT2D eigenvalue weighted by molar-refractivity contribution is 0.818. The number of nitrogens with one attached hydrogen (secondary N) is 1. The van der Waals surface area contributed by atoms with Gasteiger partial charge in [0.2, 0.25) is 0 Å². The maximum absolute atomic E-state index is 12.6. The molecular formula is C17H14N4OS. The maximum atomic E-state index is 12.6. The van der Waals surface area contributed by atoms with Gasteiger partial charge in [0.25, 0.3) is 5.56 Å². The van der Waals surface area contributed by atoms with Gasteiger partial charge in [0, 0.05) is 27.5 Å². The quantitative estimate of drug-likeness (QED) is 0.575. The molecule has 0 aliphatic rings. The fourth-order valence-electron chi connectivity index (χ4n) is 2.63. The summed E-state index contributed by atoms with van der Waals surface area (Å²) in [6.45, 7) is 3.95. The Kier molecular flexibility index (Phi) is 3.12. The first-order valence-electron chi connectivity index (χ1n) is 7.23. The van der Waals surface area contributed by atoms with Crippen molar-refractivity contribution in [3.63, 3.8) is 0 Å². The van der Waals surface area contributed by atoms with E-state index in [2.05, 4.69) is 15.1 Å². The second kappa shape index (κ2) is 5.17. The van der Waals surface area contributed by atoms with Gasteiger partial charge < -0.3 is 4.98 Å². The third kappa shape index (κ3) is 2.19. The Morgan fingerprint density at radius 1 is 1.30 bits per heavy atom. The third-order valence-corrected chi connectivity index (χ3v) is 5.13. The van der Waals surface area contributed by atoms with E-state index >= 15 is 0 Å². The fourth-order valence-corrected chi connectivity index (χ4v) is 3.62. The van der Waals surface area contributed by atoms with Crippen LogP contribution in [0.15, 0.2) is 46.7 Å². The van der Waals surface area contributed by atoms with Crippen LogP contribution in [0, 0.1) is 13.8 Å². The van der Waals surface area contributed by atoms with Gasteiger partial charge in [-0.05, 0) is 25.5 Å². The third-order valence-electron chi connectivity index (χ3n) is 4.02. The summed E-state index contributed by atoms with van der Waals surface area (Å²) in [6.07, 6.45) is 5.04. The van der Waals surface area contributed by atoms with Crippen LogP contribution in [0.3, 0.4) is 0 Å². The number of H-pyrrole nitrogens is 1. The van der Waals surface area contributed by atoms with E-state index in [-0.39, 0.29) is 5.56 Å². The van der Waals surface area contributed by atoms with Crippen LogP contribution in [-0.4, -0.2) is 20.9 Å². The van der Waals surface area contributed by atoms with Crippen molar-refractivity contribution in [1.29, 1.82) is 0 Å². The van der Waals surface area contributed by atoms with Gasteiger partial charge in [0.15, 0.2) is 0 Å². The van der Waals surface area contributed by atoms with Crippen LogP contribution in [-0.2, 0) is 0 Å². The van der Waals surface area contributed by atoms with E-state index < -0.39 is 0 Å². The average molecular weight is 322 g/mol. The molecule has 4 aromatic rings. The highest BCUT2D eigenvalue weighted by Crippen LogP contribution is 2.25. The molecule has 0 unspecified atom stereocenters. The molecule has 4 rings (SSSR count). The summed E-state index contributed by atoms with van der Waals surface area (Å²) >= 11 is 1.54. The Balaban J connectivity index is 1.82. The molecule has 0 amide bonds. The molecule has 0 spiro atoms. The number of hydrogen-bond acceptors (Lipinski definition) is 4. The monoisotopic (exact) mass is 322 g/mol. The van der Waals surface area contributed by atoms with Crippen LogP contribution in [0.5, 0.6) is 0 Å². The molecular weight excluding hydrogens is 308 g/mol. The Labute approximate surface area is 135 Å². The topological polar surface area (TPSA) is 63.0 Å². The predicted molar refractivity (Wildman–Crippen MR) is 94.6 cm³/mol. The summed E-state index contributed by atoms with van der Waals surface area (Å²) < 4.78 is 1.29. The van der Waals surface area contributed by atoms with E-state index in [1.54, 1.807) is 6.21 Å². The van der Waals surface area contributed by atoms with E-state index in [1.165, 1.54) is 22.3 Å². The van der Waals surface area contributed by atoms with Gasteiger partial charge >= 0.3 is 0 Å². The zero-order valence-electron chi connectivity index (χ0n) is 12.7. The molecule has 0 saturated heterocycles. The number of hydrogen-bond donors (Lipinski definition) is 1. The zero-order valence-corrected chi connectivity index (χ0v) is 13.5. The van der Waals surface area contributed by atoms with E-state index in [0.29, 0.717) is 5.39 Å². The number of nitrogens with zero attached hydrogens (tertiary/aromatic N) is 3. The SMILES string of the molecule is Cc1sc2ncn(/N=C/c3c[nH]c4ccccc34)c(=O)c2c1C. The first-order chi connectivity index (χ1) is 11.1. The van der Waals surface area contributed by atoms with Gasteiger partial charge in [-0.15, -0.1) is 11.3 Å². The fraction of sp³-hybridized carbons (Fsp3) is 0.118. The molecule has 6 heteroatoms. The first-order valence-corrected chi connectivity index (χ1v) is 8.04. The molecule has 3 aromatic heterocycles. The molecule has 1 N–H and O–H groups in total. The van der Waals surface area contributed by atoms with Gasteiger partial charge in [-0.1, -0.05) is 18.2 Å². The molecule has 114 valence electrons. The van der Waals surface area contributed by atoms with Gasteiger partial charge in [0.05, 0.1) is 11.6 Å². The molecule has 0 bridgehead atoms. The molecule has 0 atom stereocenters. The van der Waals surface area contributed by atoms with Crippen molar-refractivity contribution in [2.24, 2.45) is 5.10 Å². The van der Waals surface area contributed by atoms with Crippen LogP contribution >= 0.6 is 11.3 Å². The van der Waals surface area contributed by atoms with E-state index in [0.717, 1.165) is 31.7 Å². The first kappa shape index (κ1) is 13.9. The lowest BCUT2D eigenvalue weighted by Crippen LogP contribution is -2.16. The Hall–Kier alpha value is -2.73. The highest BCUT2D eigenvalue weighted by atomic mass is 32.1. The molecule has 23 heavy (non-hydrogen) atoms. The Morgan fingerprint density at radius 3 is 3.00 bits per heavy atom. The number of thiophene rings is 1. The van der Waals surface area contributed by atoms with Crippen molar-refractivity contribution in [3.05, 3.63) is 63.1 Å². The van der Waals surface area contributed by atoms with Crippen molar-refractivity contribution >= 4 is 38.7 Å². The normalized spacial score (nSPS) is 11.9. The average Bonchev–Trinajstić information content (AvgIpc) is 3.09. The molecule has 0 fully saturated rings. The smallest absolute Gasteiger partial charge is 0.282 e. The highest BCUT2D eigenvalue weighted by Gasteiger charge is 2.11. The van der Waals surface area contributed by atoms with Crippen LogP contribution < -0.4 is 5.56 Å². The highest BCUT2D eigenvalue weighted by molar-refractivity contribution is 7.18. The second-order valence-corrected chi connectivity index (χ2v) is 6.60. The molecule has 1 aromatic carbocycles. The van der Waals surface area contributed by atoms with Crippen molar-refractivity contribution in [3.8, 4) is 0 Å². The summed E-state index contributed by atoms with van der Waals surface area (Å²) in [5, 5.41) is 6.03. The van der Waals surface area contributed by atoms with Crippen LogP contribution in [0.1, 0.15) is 16.0 Å². The van der Waals surface area contributed by atoms with Crippen molar-refractivity contribution < 1.29 is 0 Å². The molecule has 0 saturated carbocycles. The maximum Gasteiger partial charge on any atom is 0.282 e. The predicted octanol–water partition coefficient (Wildman–Crippen LogP) is 3.44. The zero-order chi connectivity index (χ0) is 16.0. The molecule has 5 nitrogen and oxygen atoms in total. The second-order valence-electron chi connectivity index (χ2n) is 5.39. The Bertz CT molecular complexity index is 1120.